The molecule has 0 saturated heterocycles. The van der Waals surface area contributed by atoms with Crippen molar-refractivity contribution in [2.75, 3.05) is 24.2 Å². The molecule has 0 unspecified atom stereocenters. The van der Waals surface area contributed by atoms with Crippen LogP contribution in [-0.4, -0.2) is 22.6 Å². The van der Waals surface area contributed by atoms with Gasteiger partial charge in [-0.15, -0.1) is 0 Å². The molecule has 0 spiro atoms. The van der Waals surface area contributed by atoms with Gasteiger partial charge in [-0.2, -0.15) is 0 Å². The molecule has 7 heteroatoms. The minimum absolute atomic E-state index is 0.0368. The molecule has 0 aromatic heterocycles. The van der Waals surface area contributed by atoms with Crippen molar-refractivity contribution in [3.63, 3.8) is 0 Å². The average Bonchev–Trinajstić information content (AvgIpc) is 2.49. The highest BCUT2D eigenvalue weighted by molar-refractivity contribution is 7.92. The number of anilines is 2. The molecule has 0 atom stereocenters. The van der Waals surface area contributed by atoms with Gasteiger partial charge in [0.25, 0.3) is 10.0 Å². The standard InChI is InChI=1S/C14H15FN2O3S/c1-16-12-5-3-4-6-14(12)21(18,19)17-13-9-10(20-2)7-8-11(13)15/h3-9,16-17H,1-2H3. The number of rotatable bonds is 5. The molecule has 2 N–H and O–H groups in total. The first-order valence-electron chi connectivity index (χ1n) is 6.11. The number of benzene rings is 2. The van der Waals surface area contributed by atoms with Crippen molar-refractivity contribution in [1.82, 2.24) is 0 Å². The second-order valence-electron chi connectivity index (χ2n) is 4.20. The van der Waals surface area contributed by atoms with Crippen LogP contribution in [0.1, 0.15) is 0 Å². The first-order chi connectivity index (χ1) is 9.97. The van der Waals surface area contributed by atoms with E-state index in [1.807, 2.05) is 0 Å². The minimum Gasteiger partial charge on any atom is -0.497 e. The van der Waals surface area contributed by atoms with Crippen molar-refractivity contribution in [2.45, 2.75) is 4.90 Å². The van der Waals surface area contributed by atoms with E-state index >= 15 is 0 Å². The molecular weight excluding hydrogens is 295 g/mol. The van der Waals surface area contributed by atoms with E-state index < -0.39 is 15.8 Å². The third-order valence-electron chi connectivity index (χ3n) is 2.86. The number of hydrogen-bond acceptors (Lipinski definition) is 4. The van der Waals surface area contributed by atoms with Crippen LogP contribution in [-0.2, 0) is 10.0 Å². The molecule has 2 aromatic carbocycles. The van der Waals surface area contributed by atoms with Crippen LogP contribution in [0.4, 0.5) is 15.8 Å². The lowest BCUT2D eigenvalue weighted by Crippen LogP contribution is -2.15. The van der Waals surface area contributed by atoms with Gasteiger partial charge in [0.15, 0.2) is 0 Å². The van der Waals surface area contributed by atoms with E-state index in [0.717, 1.165) is 6.07 Å². The second kappa shape index (κ2) is 6.01. The fraction of sp³-hybridized carbons (Fsp3) is 0.143. The zero-order valence-electron chi connectivity index (χ0n) is 11.6. The Labute approximate surface area is 122 Å². The summed E-state index contributed by atoms with van der Waals surface area (Å²) in [6, 6.07) is 10.2. The molecule has 21 heavy (non-hydrogen) atoms. The molecule has 0 amide bonds. The number of para-hydroxylation sites is 1. The van der Waals surface area contributed by atoms with Crippen LogP contribution in [0.3, 0.4) is 0 Å². The van der Waals surface area contributed by atoms with E-state index in [2.05, 4.69) is 10.0 Å². The Balaban J connectivity index is 2.42. The summed E-state index contributed by atoms with van der Waals surface area (Å²) in [5, 5.41) is 2.79. The summed E-state index contributed by atoms with van der Waals surface area (Å²) < 4.78 is 45.7. The van der Waals surface area contributed by atoms with Crippen LogP contribution < -0.4 is 14.8 Å². The van der Waals surface area contributed by atoms with Crippen LogP contribution in [0.15, 0.2) is 47.4 Å². The molecule has 5 nitrogen and oxygen atoms in total. The first kappa shape index (κ1) is 15.1. The first-order valence-corrected chi connectivity index (χ1v) is 7.59. The highest BCUT2D eigenvalue weighted by Crippen LogP contribution is 2.26. The Kier molecular flexibility index (Phi) is 4.32. The van der Waals surface area contributed by atoms with E-state index in [9.17, 15) is 12.8 Å². The molecule has 0 heterocycles. The highest BCUT2D eigenvalue weighted by atomic mass is 32.2. The van der Waals surface area contributed by atoms with Crippen molar-refractivity contribution in [3.05, 3.63) is 48.3 Å². The molecule has 0 radical (unpaired) electrons. The Bertz CT molecular complexity index is 748. The van der Waals surface area contributed by atoms with Gasteiger partial charge in [0.2, 0.25) is 0 Å². The molecule has 112 valence electrons. The summed E-state index contributed by atoms with van der Waals surface area (Å²) in [4.78, 5) is 0.0368. The van der Waals surface area contributed by atoms with E-state index in [4.69, 9.17) is 4.74 Å². The topological polar surface area (TPSA) is 67.4 Å². The molecule has 0 aliphatic rings. The number of nitrogens with one attached hydrogen (secondary N) is 2. The Hall–Kier alpha value is -2.28. The lowest BCUT2D eigenvalue weighted by Gasteiger charge is -2.13. The van der Waals surface area contributed by atoms with Gasteiger partial charge in [-0.05, 0) is 24.3 Å². The maximum atomic E-state index is 13.7. The summed E-state index contributed by atoms with van der Waals surface area (Å²) in [5.74, 6) is -0.322. The average molecular weight is 310 g/mol. The van der Waals surface area contributed by atoms with Gasteiger partial charge in [0, 0.05) is 13.1 Å². The molecule has 0 fully saturated rings. The molecule has 0 bridgehead atoms. The van der Waals surface area contributed by atoms with E-state index in [-0.39, 0.29) is 10.6 Å². The molecule has 0 aliphatic carbocycles. The zero-order valence-corrected chi connectivity index (χ0v) is 12.4. The molecule has 2 rings (SSSR count). The molecule has 2 aromatic rings. The van der Waals surface area contributed by atoms with Crippen molar-refractivity contribution in [1.29, 1.82) is 0 Å². The third-order valence-corrected chi connectivity index (χ3v) is 4.29. The number of methoxy groups -OCH3 is 1. The van der Waals surface area contributed by atoms with Crippen molar-refractivity contribution in [2.24, 2.45) is 0 Å². The summed E-state index contributed by atoms with van der Waals surface area (Å²) in [6.07, 6.45) is 0. The van der Waals surface area contributed by atoms with Crippen LogP contribution in [0.2, 0.25) is 0 Å². The fourth-order valence-electron chi connectivity index (χ4n) is 1.82. The Morgan fingerprint density at radius 1 is 1.10 bits per heavy atom. The molecule has 0 saturated carbocycles. The maximum Gasteiger partial charge on any atom is 0.264 e. The normalized spacial score (nSPS) is 11.0. The fourth-order valence-corrected chi connectivity index (χ4v) is 3.09. The van der Waals surface area contributed by atoms with Crippen LogP contribution in [0, 0.1) is 5.82 Å². The number of sulfonamides is 1. The quantitative estimate of drug-likeness (QED) is 0.891. The van der Waals surface area contributed by atoms with Crippen molar-refractivity contribution >= 4 is 21.4 Å². The summed E-state index contributed by atoms with van der Waals surface area (Å²) in [7, 11) is -0.882. The summed E-state index contributed by atoms with van der Waals surface area (Å²) in [6.45, 7) is 0. The summed E-state index contributed by atoms with van der Waals surface area (Å²) >= 11 is 0. The van der Waals surface area contributed by atoms with Gasteiger partial charge in [0.05, 0.1) is 18.5 Å². The van der Waals surface area contributed by atoms with E-state index in [1.165, 1.54) is 25.3 Å². The maximum absolute atomic E-state index is 13.7. The molecule has 0 aliphatic heterocycles. The summed E-state index contributed by atoms with van der Waals surface area (Å²) in [5.41, 5.74) is 0.258. The second-order valence-corrected chi connectivity index (χ2v) is 5.85. The van der Waals surface area contributed by atoms with Gasteiger partial charge in [-0.3, -0.25) is 4.72 Å². The highest BCUT2D eigenvalue weighted by Gasteiger charge is 2.19. The largest absolute Gasteiger partial charge is 0.497 e. The minimum atomic E-state index is -3.91. The zero-order chi connectivity index (χ0) is 15.5. The Morgan fingerprint density at radius 2 is 1.81 bits per heavy atom. The predicted molar refractivity (Wildman–Crippen MR) is 79.7 cm³/mol. The van der Waals surface area contributed by atoms with E-state index in [0.29, 0.717) is 11.4 Å². The van der Waals surface area contributed by atoms with Gasteiger partial charge in [-0.1, -0.05) is 12.1 Å². The van der Waals surface area contributed by atoms with E-state index in [1.54, 1.807) is 25.2 Å². The number of halogens is 1. The van der Waals surface area contributed by atoms with Crippen molar-refractivity contribution in [3.8, 4) is 5.75 Å². The van der Waals surface area contributed by atoms with Crippen LogP contribution >= 0.6 is 0 Å². The smallest absolute Gasteiger partial charge is 0.264 e. The monoisotopic (exact) mass is 310 g/mol. The molecular formula is C14H15FN2O3S. The van der Waals surface area contributed by atoms with Crippen LogP contribution in [0.5, 0.6) is 5.75 Å². The lowest BCUT2D eigenvalue weighted by molar-refractivity contribution is 0.414. The van der Waals surface area contributed by atoms with Gasteiger partial charge < -0.3 is 10.1 Å². The van der Waals surface area contributed by atoms with Gasteiger partial charge in [0.1, 0.15) is 16.5 Å². The lowest BCUT2D eigenvalue weighted by atomic mass is 10.3. The SMILES string of the molecule is CNc1ccccc1S(=O)(=O)Nc1cc(OC)ccc1F. The van der Waals surface area contributed by atoms with Crippen LogP contribution in [0.25, 0.3) is 0 Å². The number of ether oxygens (including phenoxy) is 1. The predicted octanol–water partition coefficient (Wildman–Crippen LogP) is 2.68. The van der Waals surface area contributed by atoms with Crippen molar-refractivity contribution < 1.29 is 17.5 Å². The Morgan fingerprint density at radius 3 is 2.48 bits per heavy atom. The van der Waals surface area contributed by atoms with Gasteiger partial charge >= 0.3 is 0 Å². The van der Waals surface area contributed by atoms with Gasteiger partial charge in [-0.25, -0.2) is 12.8 Å². The third kappa shape index (κ3) is 3.25. The number of hydrogen-bond donors (Lipinski definition) is 2.